The van der Waals surface area contributed by atoms with E-state index in [1.54, 1.807) is 9.80 Å². The number of aliphatic carboxylic acids is 1. The summed E-state index contributed by atoms with van der Waals surface area (Å²) in [6.45, 7) is 3.28. The Morgan fingerprint density at radius 3 is 2.38 bits per heavy atom. The SMILES string of the molecule is CCN(C(=O)CN(CC(=O)O)CC1CC1)c1ccccc1. The number of rotatable bonds is 8. The number of para-hydroxylation sites is 1. The van der Waals surface area contributed by atoms with Gasteiger partial charge in [0.25, 0.3) is 0 Å². The Balaban J connectivity index is 2.00. The van der Waals surface area contributed by atoms with E-state index in [9.17, 15) is 9.59 Å². The van der Waals surface area contributed by atoms with Crippen LogP contribution in [0.3, 0.4) is 0 Å². The van der Waals surface area contributed by atoms with Crippen LogP contribution in [0.1, 0.15) is 19.8 Å². The first-order valence-electron chi connectivity index (χ1n) is 7.39. The first-order chi connectivity index (χ1) is 10.1. The third-order valence-corrected chi connectivity index (χ3v) is 3.62. The fourth-order valence-corrected chi connectivity index (χ4v) is 2.43. The fraction of sp³-hybridized carbons (Fsp3) is 0.500. The highest BCUT2D eigenvalue weighted by atomic mass is 16.4. The fourth-order valence-electron chi connectivity index (χ4n) is 2.43. The van der Waals surface area contributed by atoms with E-state index in [1.807, 2.05) is 37.3 Å². The van der Waals surface area contributed by atoms with Crippen molar-refractivity contribution in [2.24, 2.45) is 5.92 Å². The maximum atomic E-state index is 12.5. The molecule has 0 unspecified atom stereocenters. The van der Waals surface area contributed by atoms with Crippen LogP contribution in [0.5, 0.6) is 0 Å². The molecule has 0 aliphatic heterocycles. The Morgan fingerprint density at radius 1 is 1.19 bits per heavy atom. The number of hydrogen-bond acceptors (Lipinski definition) is 3. The Morgan fingerprint density at radius 2 is 1.86 bits per heavy atom. The van der Waals surface area contributed by atoms with Crippen molar-refractivity contribution < 1.29 is 14.7 Å². The van der Waals surface area contributed by atoms with Gasteiger partial charge in [-0.25, -0.2) is 0 Å². The lowest BCUT2D eigenvalue weighted by Crippen LogP contribution is -2.43. The van der Waals surface area contributed by atoms with Crippen molar-refractivity contribution in [1.29, 1.82) is 0 Å². The van der Waals surface area contributed by atoms with Gasteiger partial charge < -0.3 is 10.0 Å². The van der Waals surface area contributed by atoms with Crippen LogP contribution in [-0.4, -0.2) is 48.1 Å². The molecule has 1 amide bonds. The van der Waals surface area contributed by atoms with E-state index in [0.717, 1.165) is 18.5 Å². The van der Waals surface area contributed by atoms with Crippen molar-refractivity contribution in [3.63, 3.8) is 0 Å². The number of carbonyl (C=O) groups excluding carboxylic acids is 1. The molecule has 0 radical (unpaired) electrons. The number of benzene rings is 1. The van der Waals surface area contributed by atoms with Crippen molar-refractivity contribution in [1.82, 2.24) is 4.90 Å². The first kappa shape index (κ1) is 15.5. The van der Waals surface area contributed by atoms with Crippen LogP contribution in [0.15, 0.2) is 30.3 Å². The molecule has 21 heavy (non-hydrogen) atoms. The molecular formula is C16H22N2O3. The van der Waals surface area contributed by atoms with E-state index in [2.05, 4.69) is 0 Å². The van der Waals surface area contributed by atoms with Crippen LogP contribution in [-0.2, 0) is 9.59 Å². The second-order valence-electron chi connectivity index (χ2n) is 5.48. The number of carboxylic acid groups (broad SMARTS) is 1. The quantitative estimate of drug-likeness (QED) is 0.793. The number of carboxylic acids is 1. The predicted molar refractivity (Wildman–Crippen MR) is 81.3 cm³/mol. The molecule has 0 spiro atoms. The summed E-state index contributed by atoms with van der Waals surface area (Å²) < 4.78 is 0. The van der Waals surface area contributed by atoms with Gasteiger partial charge >= 0.3 is 5.97 Å². The zero-order valence-electron chi connectivity index (χ0n) is 12.4. The van der Waals surface area contributed by atoms with Crippen LogP contribution in [0.4, 0.5) is 5.69 Å². The lowest BCUT2D eigenvalue weighted by Gasteiger charge is -2.25. The molecule has 5 heteroatoms. The molecule has 1 N–H and O–H groups in total. The molecule has 1 saturated carbocycles. The maximum Gasteiger partial charge on any atom is 0.317 e. The molecule has 5 nitrogen and oxygen atoms in total. The number of amides is 1. The van der Waals surface area contributed by atoms with E-state index in [-0.39, 0.29) is 19.0 Å². The van der Waals surface area contributed by atoms with Crippen molar-refractivity contribution in [3.8, 4) is 0 Å². The van der Waals surface area contributed by atoms with Crippen LogP contribution < -0.4 is 4.90 Å². The van der Waals surface area contributed by atoms with Crippen LogP contribution in [0.25, 0.3) is 0 Å². The molecule has 1 aliphatic rings. The molecular weight excluding hydrogens is 268 g/mol. The zero-order chi connectivity index (χ0) is 15.2. The molecule has 0 saturated heterocycles. The monoisotopic (exact) mass is 290 g/mol. The van der Waals surface area contributed by atoms with Crippen molar-refractivity contribution in [2.75, 3.05) is 31.1 Å². The summed E-state index contributed by atoms with van der Waals surface area (Å²) in [4.78, 5) is 26.8. The molecule has 0 atom stereocenters. The number of carbonyl (C=O) groups is 2. The zero-order valence-corrected chi connectivity index (χ0v) is 12.4. The Kier molecular flexibility index (Phi) is 5.33. The van der Waals surface area contributed by atoms with E-state index in [0.29, 0.717) is 19.0 Å². The van der Waals surface area contributed by atoms with Gasteiger partial charge in [0.05, 0.1) is 13.1 Å². The van der Waals surface area contributed by atoms with E-state index < -0.39 is 5.97 Å². The first-order valence-corrected chi connectivity index (χ1v) is 7.39. The number of hydrogen-bond donors (Lipinski definition) is 1. The van der Waals surface area contributed by atoms with Gasteiger partial charge in [-0.15, -0.1) is 0 Å². The number of nitrogens with zero attached hydrogens (tertiary/aromatic N) is 2. The van der Waals surface area contributed by atoms with Crippen LogP contribution in [0, 0.1) is 5.92 Å². The molecule has 1 aromatic rings. The average molecular weight is 290 g/mol. The van der Waals surface area contributed by atoms with E-state index >= 15 is 0 Å². The van der Waals surface area contributed by atoms with Gasteiger partial charge in [-0.05, 0) is 37.8 Å². The Labute approximate surface area is 125 Å². The summed E-state index contributed by atoms with van der Waals surface area (Å²) >= 11 is 0. The highest BCUT2D eigenvalue weighted by Crippen LogP contribution is 2.29. The molecule has 1 aliphatic carbocycles. The minimum atomic E-state index is -0.883. The third kappa shape index (κ3) is 4.86. The summed E-state index contributed by atoms with van der Waals surface area (Å²) in [6, 6.07) is 9.48. The molecule has 114 valence electrons. The number of anilines is 1. The van der Waals surface area contributed by atoms with Crippen LogP contribution >= 0.6 is 0 Å². The Bertz CT molecular complexity index is 486. The van der Waals surface area contributed by atoms with Crippen molar-refractivity contribution in [2.45, 2.75) is 19.8 Å². The average Bonchev–Trinajstić information content (AvgIpc) is 3.24. The van der Waals surface area contributed by atoms with Gasteiger partial charge in [0, 0.05) is 18.8 Å². The molecule has 0 aromatic heterocycles. The van der Waals surface area contributed by atoms with Gasteiger partial charge in [-0.2, -0.15) is 0 Å². The lowest BCUT2D eigenvalue weighted by molar-refractivity contribution is -0.138. The van der Waals surface area contributed by atoms with Crippen LogP contribution in [0.2, 0.25) is 0 Å². The molecule has 1 fully saturated rings. The summed E-state index contributed by atoms with van der Waals surface area (Å²) in [5, 5.41) is 8.98. The second-order valence-corrected chi connectivity index (χ2v) is 5.48. The summed E-state index contributed by atoms with van der Waals surface area (Å²) in [7, 11) is 0. The van der Waals surface area contributed by atoms with E-state index in [4.69, 9.17) is 5.11 Å². The summed E-state index contributed by atoms with van der Waals surface area (Å²) in [5.41, 5.74) is 0.853. The second kappa shape index (κ2) is 7.22. The molecule has 2 rings (SSSR count). The largest absolute Gasteiger partial charge is 0.480 e. The van der Waals surface area contributed by atoms with Crippen molar-refractivity contribution >= 4 is 17.6 Å². The molecule has 0 bridgehead atoms. The van der Waals surface area contributed by atoms with Crippen molar-refractivity contribution in [3.05, 3.63) is 30.3 Å². The van der Waals surface area contributed by atoms with Gasteiger partial charge in [-0.3, -0.25) is 14.5 Å². The molecule has 1 aromatic carbocycles. The van der Waals surface area contributed by atoms with E-state index in [1.165, 1.54) is 0 Å². The topological polar surface area (TPSA) is 60.9 Å². The smallest absolute Gasteiger partial charge is 0.317 e. The van der Waals surface area contributed by atoms with Gasteiger partial charge in [-0.1, -0.05) is 18.2 Å². The maximum absolute atomic E-state index is 12.5. The lowest BCUT2D eigenvalue weighted by atomic mass is 10.2. The summed E-state index contributed by atoms with van der Waals surface area (Å²) in [5.74, 6) is -0.374. The third-order valence-electron chi connectivity index (χ3n) is 3.62. The molecule has 0 heterocycles. The minimum absolute atomic E-state index is 0.0504. The Hall–Kier alpha value is -1.88. The minimum Gasteiger partial charge on any atom is -0.480 e. The summed E-state index contributed by atoms with van der Waals surface area (Å²) in [6.07, 6.45) is 2.28. The van der Waals surface area contributed by atoms with Gasteiger partial charge in [0.2, 0.25) is 5.91 Å². The highest BCUT2D eigenvalue weighted by Gasteiger charge is 2.27. The van der Waals surface area contributed by atoms with Gasteiger partial charge in [0.1, 0.15) is 0 Å². The normalized spacial score (nSPS) is 14.2. The predicted octanol–water partition coefficient (Wildman–Crippen LogP) is 1.84. The van der Waals surface area contributed by atoms with Gasteiger partial charge in [0.15, 0.2) is 0 Å². The standard InChI is InChI=1S/C16H22N2O3/c1-2-18(14-6-4-3-5-7-14)15(19)11-17(12-16(20)21)10-13-8-9-13/h3-7,13H,2,8-12H2,1H3,(H,20,21). The highest BCUT2D eigenvalue weighted by molar-refractivity contribution is 5.94. The number of likely N-dealkylation sites (N-methyl/N-ethyl adjacent to an activating group) is 1.